The number of hydrogen-bond acceptors (Lipinski definition) is 3. The number of carbonyl (C=O) groups is 2. The maximum Gasteiger partial charge on any atom is 0.328 e. The van der Waals surface area contributed by atoms with Gasteiger partial charge in [0.15, 0.2) is 0 Å². The molecule has 2 rings (SSSR count). The molecule has 2 aromatic rings. The second-order valence-electron chi connectivity index (χ2n) is 4.26. The van der Waals surface area contributed by atoms with Crippen LogP contribution in [0.25, 0.3) is 6.08 Å². The van der Waals surface area contributed by atoms with Gasteiger partial charge in [-0.1, -0.05) is 12.1 Å². The highest BCUT2D eigenvalue weighted by atomic mass is 32.1. The summed E-state index contributed by atoms with van der Waals surface area (Å²) in [6, 6.07) is 7.75. The first-order valence-electron chi connectivity index (χ1n) is 6.04. The topological polar surface area (TPSA) is 66.4 Å². The van der Waals surface area contributed by atoms with Crippen molar-refractivity contribution in [2.75, 3.05) is 5.32 Å². The third-order valence-electron chi connectivity index (χ3n) is 2.70. The molecule has 0 fully saturated rings. The Hall–Kier alpha value is -2.47. The van der Waals surface area contributed by atoms with Crippen LogP contribution < -0.4 is 5.32 Å². The molecular formula is C15H12FNO3S. The Labute approximate surface area is 124 Å². The van der Waals surface area contributed by atoms with Crippen LogP contribution in [-0.4, -0.2) is 17.0 Å². The van der Waals surface area contributed by atoms with E-state index in [1.54, 1.807) is 31.2 Å². The molecule has 0 aliphatic heterocycles. The molecule has 0 aliphatic carbocycles. The number of amides is 1. The molecule has 0 saturated carbocycles. The van der Waals surface area contributed by atoms with E-state index in [1.807, 2.05) is 0 Å². The van der Waals surface area contributed by atoms with Crippen LogP contribution in [0.4, 0.5) is 10.1 Å². The van der Waals surface area contributed by atoms with Gasteiger partial charge in [0.25, 0.3) is 5.91 Å². The Morgan fingerprint density at radius 3 is 2.71 bits per heavy atom. The number of aryl methyl sites for hydroxylation is 1. The van der Waals surface area contributed by atoms with Crippen molar-refractivity contribution in [1.82, 2.24) is 0 Å². The number of rotatable bonds is 4. The van der Waals surface area contributed by atoms with Crippen LogP contribution in [0.5, 0.6) is 0 Å². The highest BCUT2D eigenvalue weighted by Crippen LogP contribution is 2.22. The molecule has 1 aromatic heterocycles. The molecule has 108 valence electrons. The van der Waals surface area contributed by atoms with E-state index >= 15 is 0 Å². The van der Waals surface area contributed by atoms with E-state index in [2.05, 4.69) is 5.32 Å². The number of carboxylic acids is 1. The van der Waals surface area contributed by atoms with Gasteiger partial charge in [-0.3, -0.25) is 4.79 Å². The number of hydrogen-bond donors (Lipinski definition) is 2. The minimum absolute atomic E-state index is 0.151. The van der Waals surface area contributed by atoms with Gasteiger partial charge in [0.1, 0.15) is 5.82 Å². The first-order chi connectivity index (χ1) is 9.97. The zero-order valence-corrected chi connectivity index (χ0v) is 11.9. The number of carbonyl (C=O) groups excluding carboxylic acids is 1. The Morgan fingerprint density at radius 1 is 1.29 bits per heavy atom. The minimum atomic E-state index is -1.06. The van der Waals surface area contributed by atoms with Crippen LogP contribution in [0.3, 0.4) is 0 Å². The summed E-state index contributed by atoms with van der Waals surface area (Å²) in [5.41, 5.74) is 0.782. The maximum absolute atomic E-state index is 13.7. The van der Waals surface area contributed by atoms with Gasteiger partial charge in [0.05, 0.1) is 10.6 Å². The van der Waals surface area contributed by atoms with Crippen molar-refractivity contribution in [3.63, 3.8) is 0 Å². The third kappa shape index (κ3) is 3.76. The van der Waals surface area contributed by atoms with Crippen LogP contribution in [0.1, 0.15) is 20.1 Å². The normalized spacial score (nSPS) is 10.8. The fourth-order valence-corrected chi connectivity index (χ4v) is 2.49. The number of aliphatic carboxylic acids is 1. The first-order valence-corrected chi connectivity index (χ1v) is 6.86. The Bertz CT molecular complexity index is 701. The van der Waals surface area contributed by atoms with Gasteiger partial charge in [-0.25, -0.2) is 9.18 Å². The van der Waals surface area contributed by atoms with Gasteiger partial charge in [0.2, 0.25) is 0 Å². The summed E-state index contributed by atoms with van der Waals surface area (Å²) < 4.78 is 13.7. The minimum Gasteiger partial charge on any atom is -0.478 e. The number of nitrogens with one attached hydrogen (secondary N) is 1. The predicted octanol–water partition coefficient (Wildman–Crippen LogP) is 3.55. The first kappa shape index (κ1) is 14.9. The van der Waals surface area contributed by atoms with Gasteiger partial charge in [0, 0.05) is 11.0 Å². The van der Waals surface area contributed by atoms with Crippen LogP contribution in [0, 0.1) is 12.7 Å². The average Bonchev–Trinajstić information content (AvgIpc) is 2.89. The third-order valence-corrected chi connectivity index (χ3v) is 3.75. The molecule has 1 aromatic carbocycles. The van der Waals surface area contributed by atoms with Crippen LogP contribution in [-0.2, 0) is 4.79 Å². The van der Waals surface area contributed by atoms with Gasteiger partial charge >= 0.3 is 5.97 Å². The molecule has 1 heterocycles. The van der Waals surface area contributed by atoms with E-state index in [0.29, 0.717) is 15.3 Å². The molecule has 4 nitrogen and oxygen atoms in total. The molecule has 6 heteroatoms. The predicted molar refractivity (Wildman–Crippen MR) is 80.1 cm³/mol. The van der Waals surface area contributed by atoms with Gasteiger partial charge < -0.3 is 10.4 Å². The van der Waals surface area contributed by atoms with Crippen molar-refractivity contribution >= 4 is 35.0 Å². The van der Waals surface area contributed by atoms with Crippen LogP contribution in [0.15, 0.2) is 36.4 Å². The van der Waals surface area contributed by atoms with E-state index in [-0.39, 0.29) is 5.69 Å². The van der Waals surface area contributed by atoms with Gasteiger partial charge in [-0.2, -0.15) is 0 Å². The second-order valence-corrected chi connectivity index (χ2v) is 5.37. The zero-order valence-electron chi connectivity index (χ0n) is 11.1. The van der Waals surface area contributed by atoms with Gasteiger partial charge in [-0.15, -0.1) is 11.3 Å². The lowest BCUT2D eigenvalue weighted by atomic mass is 10.2. The molecule has 21 heavy (non-hydrogen) atoms. The van der Waals surface area contributed by atoms with E-state index < -0.39 is 17.7 Å². The standard InChI is InChI=1S/C15H12FNO3S/c1-9-3-2-4-11(16)14(9)17-15(20)12-7-5-10(21-12)6-8-13(18)19/h2-8H,1H3,(H,17,20)(H,18,19)/b8-6+. The fraction of sp³-hybridized carbons (Fsp3) is 0.0667. The summed E-state index contributed by atoms with van der Waals surface area (Å²) in [6.07, 6.45) is 2.40. The van der Waals surface area contributed by atoms with E-state index in [1.165, 1.54) is 12.1 Å². The molecule has 0 aliphatic rings. The summed E-state index contributed by atoms with van der Waals surface area (Å²) in [4.78, 5) is 23.5. The lowest BCUT2D eigenvalue weighted by Crippen LogP contribution is -2.12. The highest BCUT2D eigenvalue weighted by Gasteiger charge is 2.13. The van der Waals surface area contributed by atoms with Crippen molar-refractivity contribution < 1.29 is 19.1 Å². The van der Waals surface area contributed by atoms with Crippen LogP contribution in [0.2, 0.25) is 0 Å². The number of thiophene rings is 1. The molecular weight excluding hydrogens is 293 g/mol. The van der Waals surface area contributed by atoms with Crippen molar-refractivity contribution in [2.24, 2.45) is 0 Å². The maximum atomic E-state index is 13.7. The molecule has 1 amide bonds. The molecule has 0 bridgehead atoms. The van der Waals surface area contributed by atoms with Gasteiger partial charge in [-0.05, 0) is 36.8 Å². The fourth-order valence-electron chi connectivity index (χ4n) is 1.68. The quantitative estimate of drug-likeness (QED) is 0.849. The SMILES string of the molecule is Cc1cccc(F)c1NC(=O)c1ccc(/C=C/C(=O)O)s1. The highest BCUT2D eigenvalue weighted by molar-refractivity contribution is 7.15. The number of benzene rings is 1. The Balaban J connectivity index is 2.16. The van der Waals surface area contributed by atoms with E-state index in [9.17, 15) is 14.0 Å². The largest absolute Gasteiger partial charge is 0.478 e. The zero-order chi connectivity index (χ0) is 15.4. The van der Waals surface area contributed by atoms with E-state index in [0.717, 1.165) is 17.4 Å². The molecule has 0 unspecified atom stereocenters. The summed E-state index contributed by atoms with van der Waals surface area (Å²) in [7, 11) is 0. The van der Waals surface area contributed by atoms with E-state index in [4.69, 9.17) is 5.11 Å². The summed E-state index contributed by atoms with van der Waals surface area (Å²) in [5, 5.41) is 11.1. The summed E-state index contributed by atoms with van der Waals surface area (Å²) in [6.45, 7) is 1.70. The summed E-state index contributed by atoms with van der Waals surface area (Å²) in [5.74, 6) is -1.98. The lowest BCUT2D eigenvalue weighted by Gasteiger charge is -2.08. The molecule has 0 radical (unpaired) electrons. The van der Waals surface area contributed by atoms with Crippen LogP contribution >= 0.6 is 11.3 Å². The monoisotopic (exact) mass is 305 g/mol. The number of carboxylic acid groups (broad SMARTS) is 1. The smallest absolute Gasteiger partial charge is 0.328 e. The number of anilines is 1. The van der Waals surface area contributed by atoms with Crippen molar-refractivity contribution in [1.29, 1.82) is 0 Å². The Kier molecular flexibility index (Phi) is 4.49. The molecule has 0 atom stereocenters. The molecule has 2 N–H and O–H groups in total. The average molecular weight is 305 g/mol. The van der Waals surface area contributed by atoms with Crippen molar-refractivity contribution in [2.45, 2.75) is 6.92 Å². The second kappa shape index (κ2) is 6.32. The molecule has 0 spiro atoms. The Morgan fingerprint density at radius 2 is 2.05 bits per heavy atom. The van der Waals surface area contributed by atoms with Crippen molar-refractivity contribution in [3.05, 3.63) is 57.5 Å². The summed E-state index contributed by atoms with van der Waals surface area (Å²) >= 11 is 1.13. The lowest BCUT2D eigenvalue weighted by molar-refractivity contribution is -0.131. The molecule has 0 saturated heterocycles. The number of para-hydroxylation sites is 1. The number of halogens is 1. The van der Waals surface area contributed by atoms with Crippen molar-refractivity contribution in [3.8, 4) is 0 Å².